The lowest BCUT2D eigenvalue weighted by atomic mass is 10.0. The Labute approximate surface area is 120 Å². The summed E-state index contributed by atoms with van der Waals surface area (Å²) in [6.07, 6.45) is 1.56. The Morgan fingerprint density at radius 1 is 1.40 bits per heavy atom. The highest BCUT2D eigenvalue weighted by Crippen LogP contribution is 2.26. The van der Waals surface area contributed by atoms with Crippen LogP contribution in [0.1, 0.15) is 36.8 Å². The van der Waals surface area contributed by atoms with E-state index in [0.29, 0.717) is 6.61 Å². The Morgan fingerprint density at radius 2 is 2.20 bits per heavy atom. The Bertz CT molecular complexity index is 565. The number of hydrogen-bond acceptors (Lipinski definition) is 4. The quantitative estimate of drug-likeness (QED) is 0.879. The maximum absolute atomic E-state index is 5.94. The first kappa shape index (κ1) is 14.5. The van der Waals surface area contributed by atoms with Crippen LogP contribution < -0.4 is 10.1 Å². The third-order valence-electron chi connectivity index (χ3n) is 3.42. The van der Waals surface area contributed by atoms with Crippen molar-refractivity contribution in [3.8, 4) is 5.75 Å². The fourth-order valence-corrected chi connectivity index (χ4v) is 2.10. The van der Waals surface area contributed by atoms with Gasteiger partial charge in [-0.25, -0.2) is 9.67 Å². The van der Waals surface area contributed by atoms with Gasteiger partial charge in [0.2, 0.25) is 0 Å². The molecule has 2 rings (SSSR count). The Hall–Kier alpha value is -1.88. The summed E-state index contributed by atoms with van der Waals surface area (Å²) >= 11 is 0. The zero-order chi connectivity index (χ0) is 14.5. The second-order valence-electron chi connectivity index (χ2n) is 4.83. The zero-order valence-electron chi connectivity index (χ0n) is 12.6. The van der Waals surface area contributed by atoms with Crippen LogP contribution >= 0.6 is 0 Å². The molecule has 2 aromatic rings. The molecule has 0 bridgehead atoms. The number of benzene rings is 1. The minimum atomic E-state index is 0.244. The molecule has 0 saturated heterocycles. The Kier molecular flexibility index (Phi) is 4.74. The van der Waals surface area contributed by atoms with E-state index in [9.17, 15) is 0 Å². The second-order valence-corrected chi connectivity index (χ2v) is 4.83. The average Bonchev–Trinajstić information content (AvgIpc) is 2.92. The molecular weight excluding hydrogens is 252 g/mol. The van der Waals surface area contributed by atoms with Gasteiger partial charge in [0.1, 0.15) is 18.7 Å². The van der Waals surface area contributed by atoms with Crippen molar-refractivity contribution in [1.29, 1.82) is 0 Å². The lowest BCUT2D eigenvalue weighted by Gasteiger charge is -2.17. The molecule has 1 heterocycles. The average molecular weight is 274 g/mol. The van der Waals surface area contributed by atoms with Crippen molar-refractivity contribution in [1.82, 2.24) is 20.1 Å². The number of aryl methyl sites for hydroxylation is 2. The van der Waals surface area contributed by atoms with Crippen LogP contribution in [-0.4, -0.2) is 21.8 Å². The van der Waals surface area contributed by atoms with Crippen molar-refractivity contribution in [2.45, 2.75) is 40.0 Å². The Balaban J connectivity index is 2.17. The lowest BCUT2D eigenvalue weighted by Crippen LogP contribution is -2.14. The molecule has 1 N–H and O–H groups in total. The molecule has 0 amide bonds. The van der Waals surface area contributed by atoms with Gasteiger partial charge in [-0.1, -0.05) is 17.7 Å². The monoisotopic (exact) mass is 274 g/mol. The van der Waals surface area contributed by atoms with E-state index in [2.05, 4.69) is 41.4 Å². The summed E-state index contributed by atoms with van der Waals surface area (Å²) in [6.45, 7) is 7.48. The molecule has 0 aliphatic rings. The predicted octanol–water partition coefficient (Wildman–Crippen LogP) is 2.47. The minimum absolute atomic E-state index is 0.244. The molecule has 1 aromatic heterocycles. The molecule has 20 heavy (non-hydrogen) atoms. The SMILES string of the molecule is CCn1ncnc1COc1ccc(C)cc1C(C)NC. The van der Waals surface area contributed by atoms with Gasteiger partial charge in [-0.3, -0.25) is 0 Å². The number of nitrogens with one attached hydrogen (secondary N) is 1. The van der Waals surface area contributed by atoms with Crippen LogP contribution in [0.2, 0.25) is 0 Å². The van der Waals surface area contributed by atoms with E-state index in [-0.39, 0.29) is 6.04 Å². The summed E-state index contributed by atoms with van der Waals surface area (Å²) in [5.74, 6) is 1.74. The summed E-state index contributed by atoms with van der Waals surface area (Å²) in [5.41, 5.74) is 2.39. The molecule has 5 heteroatoms. The van der Waals surface area contributed by atoms with Gasteiger partial charge in [0.25, 0.3) is 0 Å². The van der Waals surface area contributed by atoms with Crippen LogP contribution in [0.4, 0.5) is 0 Å². The van der Waals surface area contributed by atoms with Crippen LogP contribution in [0, 0.1) is 6.92 Å². The summed E-state index contributed by atoms with van der Waals surface area (Å²) in [5, 5.41) is 7.40. The maximum Gasteiger partial charge on any atom is 0.164 e. The first-order valence-corrected chi connectivity index (χ1v) is 6.93. The number of hydrogen-bond donors (Lipinski definition) is 1. The second kappa shape index (κ2) is 6.52. The molecule has 1 unspecified atom stereocenters. The first-order valence-electron chi connectivity index (χ1n) is 6.93. The van der Waals surface area contributed by atoms with Gasteiger partial charge in [0.15, 0.2) is 5.82 Å². The molecule has 1 aromatic carbocycles. The summed E-state index contributed by atoms with van der Waals surface area (Å²) in [7, 11) is 1.95. The highest BCUT2D eigenvalue weighted by atomic mass is 16.5. The van der Waals surface area contributed by atoms with Gasteiger partial charge in [0, 0.05) is 18.2 Å². The topological polar surface area (TPSA) is 52.0 Å². The van der Waals surface area contributed by atoms with Crippen LogP contribution in [-0.2, 0) is 13.2 Å². The molecule has 0 aliphatic carbocycles. The van der Waals surface area contributed by atoms with E-state index < -0.39 is 0 Å². The van der Waals surface area contributed by atoms with Gasteiger partial charge >= 0.3 is 0 Å². The highest BCUT2D eigenvalue weighted by Gasteiger charge is 2.12. The molecule has 0 fully saturated rings. The van der Waals surface area contributed by atoms with Crippen LogP contribution in [0.15, 0.2) is 24.5 Å². The van der Waals surface area contributed by atoms with Gasteiger partial charge in [-0.05, 0) is 33.9 Å². The van der Waals surface area contributed by atoms with E-state index in [1.807, 2.05) is 24.7 Å². The summed E-state index contributed by atoms with van der Waals surface area (Å²) < 4.78 is 7.78. The molecule has 5 nitrogen and oxygen atoms in total. The number of ether oxygens (including phenoxy) is 1. The van der Waals surface area contributed by atoms with Gasteiger partial charge < -0.3 is 10.1 Å². The molecule has 0 saturated carbocycles. The van der Waals surface area contributed by atoms with Crippen molar-refractivity contribution in [2.24, 2.45) is 0 Å². The fraction of sp³-hybridized carbons (Fsp3) is 0.467. The van der Waals surface area contributed by atoms with Crippen molar-refractivity contribution in [3.05, 3.63) is 41.5 Å². The standard InChI is InChI=1S/C15H22N4O/c1-5-19-15(17-10-18-19)9-20-14-7-6-11(2)8-13(14)12(3)16-4/h6-8,10,12,16H,5,9H2,1-4H3. The molecule has 108 valence electrons. The van der Waals surface area contributed by atoms with Crippen LogP contribution in [0.25, 0.3) is 0 Å². The van der Waals surface area contributed by atoms with Crippen LogP contribution in [0.3, 0.4) is 0 Å². The minimum Gasteiger partial charge on any atom is -0.485 e. The fourth-order valence-electron chi connectivity index (χ4n) is 2.10. The van der Waals surface area contributed by atoms with E-state index in [1.54, 1.807) is 6.33 Å². The van der Waals surface area contributed by atoms with E-state index in [1.165, 1.54) is 5.56 Å². The molecular formula is C15H22N4O. The molecule has 0 aliphatic heterocycles. The van der Waals surface area contributed by atoms with E-state index in [0.717, 1.165) is 23.7 Å². The third-order valence-corrected chi connectivity index (χ3v) is 3.42. The molecule has 1 atom stereocenters. The summed E-state index contributed by atoms with van der Waals surface area (Å²) in [4.78, 5) is 4.23. The van der Waals surface area contributed by atoms with Crippen LogP contribution in [0.5, 0.6) is 5.75 Å². The van der Waals surface area contributed by atoms with Crippen molar-refractivity contribution in [2.75, 3.05) is 7.05 Å². The number of rotatable bonds is 6. The van der Waals surface area contributed by atoms with Crippen molar-refractivity contribution in [3.63, 3.8) is 0 Å². The largest absolute Gasteiger partial charge is 0.485 e. The predicted molar refractivity (Wildman–Crippen MR) is 78.7 cm³/mol. The molecule has 0 radical (unpaired) electrons. The summed E-state index contributed by atoms with van der Waals surface area (Å²) in [6, 6.07) is 6.48. The lowest BCUT2D eigenvalue weighted by molar-refractivity contribution is 0.282. The van der Waals surface area contributed by atoms with Crippen molar-refractivity contribution < 1.29 is 4.74 Å². The first-order chi connectivity index (χ1) is 9.65. The maximum atomic E-state index is 5.94. The van der Waals surface area contributed by atoms with Gasteiger partial charge in [-0.15, -0.1) is 0 Å². The van der Waals surface area contributed by atoms with Gasteiger partial charge in [-0.2, -0.15) is 5.10 Å². The third kappa shape index (κ3) is 3.17. The molecule has 0 spiro atoms. The van der Waals surface area contributed by atoms with E-state index >= 15 is 0 Å². The van der Waals surface area contributed by atoms with Gasteiger partial charge in [0.05, 0.1) is 0 Å². The Morgan fingerprint density at radius 3 is 2.90 bits per heavy atom. The smallest absolute Gasteiger partial charge is 0.164 e. The number of nitrogens with zero attached hydrogens (tertiary/aromatic N) is 3. The number of aromatic nitrogens is 3. The highest BCUT2D eigenvalue weighted by molar-refractivity contribution is 5.38. The van der Waals surface area contributed by atoms with E-state index in [4.69, 9.17) is 4.74 Å². The zero-order valence-corrected chi connectivity index (χ0v) is 12.6. The van der Waals surface area contributed by atoms with Crippen molar-refractivity contribution >= 4 is 0 Å². The normalized spacial score (nSPS) is 12.4.